The number of aromatic nitrogens is 4. The highest BCUT2D eigenvalue weighted by Crippen LogP contribution is 2.18. The molecule has 8 heteroatoms. The zero-order chi connectivity index (χ0) is 21.4. The molecule has 0 N–H and O–H groups in total. The average Bonchev–Trinajstić information content (AvgIpc) is 2.73. The van der Waals surface area contributed by atoms with Gasteiger partial charge >= 0.3 is 5.69 Å². The van der Waals surface area contributed by atoms with Crippen molar-refractivity contribution in [3.05, 3.63) is 103 Å². The fourth-order valence-corrected chi connectivity index (χ4v) is 3.35. The molecule has 8 nitrogen and oxygen atoms in total. The van der Waals surface area contributed by atoms with Gasteiger partial charge in [-0.3, -0.25) is 14.4 Å². The molecule has 0 atom stereocenters. The summed E-state index contributed by atoms with van der Waals surface area (Å²) in [5.74, 6) is -0.0804. The normalized spacial score (nSPS) is 11.0. The first-order chi connectivity index (χ1) is 14.4. The topological polar surface area (TPSA) is 96.0 Å². The third-order valence-electron chi connectivity index (χ3n) is 4.91. The third kappa shape index (κ3) is 3.28. The van der Waals surface area contributed by atoms with Crippen molar-refractivity contribution < 1.29 is 4.79 Å². The lowest BCUT2D eigenvalue weighted by molar-refractivity contribution is 0.101. The number of ketones is 1. The van der Waals surface area contributed by atoms with E-state index in [1.165, 1.54) is 42.2 Å². The summed E-state index contributed by atoms with van der Waals surface area (Å²) in [6, 6.07) is 11.0. The molecule has 1 aromatic carbocycles. The lowest BCUT2D eigenvalue weighted by atomic mass is 10.1. The summed E-state index contributed by atoms with van der Waals surface area (Å²) in [4.78, 5) is 53.7. The van der Waals surface area contributed by atoms with Crippen LogP contribution in [-0.4, -0.2) is 24.5 Å². The second kappa shape index (κ2) is 7.40. The van der Waals surface area contributed by atoms with Gasteiger partial charge in [-0.1, -0.05) is 0 Å². The number of benzene rings is 1. The zero-order valence-electron chi connectivity index (χ0n) is 16.4. The lowest BCUT2D eigenvalue weighted by Gasteiger charge is -2.16. The maximum atomic E-state index is 13.4. The predicted molar refractivity (Wildman–Crippen MR) is 112 cm³/mol. The summed E-state index contributed by atoms with van der Waals surface area (Å²) in [7, 11) is 0. The molecule has 0 fully saturated rings. The first-order valence-electron chi connectivity index (χ1n) is 9.25. The molecule has 0 bridgehead atoms. The molecule has 0 radical (unpaired) electrons. The van der Waals surface area contributed by atoms with Crippen LogP contribution in [0, 0.1) is 6.92 Å². The Morgan fingerprint density at radius 1 is 1.03 bits per heavy atom. The summed E-state index contributed by atoms with van der Waals surface area (Å²) >= 11 is 0. The van der Waals surface area contributed by atoms with Crippen LogP contribution < -0.4 is 16.7 Å². The minimum absolute atomic E-state index is 0.0621. The van der Waals surface area contributed by atoms with Gasteiger partial charge in [-0.2, -0.15) is 0 Å². The van der Waals surface area contributed by atoms with Crippen LogP contribution in [0.1, 0.15) is 22.8 Å². The summed E-state index contributed by atoms with van der Waals surface area (Å²) < 4.78 is 4.04. The zero-order valence-corrected chi connectivity index (χ0v) is 16.4. The minimum atomic E-state index is -0.566. The smallest absolute Gasteiger partial charge is 0.335 e. The average molecular weight is 402 g/mol. The minimum Gasteiger partial charge on any atom is -0.335 e. The van der Waals surface area contributed by atoms with E-state index in [0.717, 1.165) is 4.57 Å². The molecule has 0 saturated heterocycles. The molecule has 4 rings (SSSR count). The summed E-state index contributed by atoms with van der Waals surface area (Å²) in [6.45, 7) is 3.20. The van der Waals surface area contributed by atoms with Crippen LogP contribution in [0.25, 0.3) is 16.7 Å². The molecule has 3 aromatic heterocycles. The van der Waals surface area contributed by atoms with E-state index in [9.17, 15) is 19.2 Å². The number of nitrogens with zero attached hydrogens (tertiary/aromatic N) is 4. The van der Waals surface area contributed by atoms with Crippen molar-refractivity contribution in [2.24, 2.45) is 0 Å². The fourth-order valence-electron chi connectivity index (χ4n) is 3.35. The molecule has 150 valence electrons. The molecular weight excluding hydrogens is 384 g/mol. The van der Waals surface area contributed by atoms with E-state index < -0.39 is 11.2 Å². The Kier molecular flexibility index (Phi) is 4.75. The number of carbonyl (C=O) groups is 1. The van der Waals surface area contributed by atoms with Crippen LogP contribution >= 0.6 is 0 Å². The molecule has 0 amide bonds. The molecule has 4 aromatic rings. The van der Waals surface area contributed by atoms with E-state index in [1.54, 1.807) is 41.8 Å². The molecule has 0 aliphatic rings. The van der Waals surface area contributed by atoms with Gasteiger partial charge in [0, 0.05) is 36.3 Å². The van der Waals surface area contributed by atoms with Crippen molar-refractivity contribution >= 4 is 16.8 Å². The van der Waals surface area contributed by atoms with E-state index in [0.29, 0.717) is 16.8 Å². The highest BCUT2D eigenvalue weighted by molar-refractivity contribution is 5.94. The second-order valence-electron chi connectivity index (χ2n) is 6.97. The SMILES string of the molecule is CC(=O)c1ccc(-n2c(=O)n(Cn3ccc(=O)cc3)c(=O)c3cccnc32)c(C)c1. The monoisotopic (exact) mass is 402 g/mol. The van der Waals surface area contributed by atoms with Crippen LogP contribution in [0.4, 0.5) is 0 Å². The Morgan fingerprint density at radius 3 is 2.43 bits per heavy atom. The van der Waals surface area contributed by atoms with Crippen molar-refractivity contribution in [3.63, 3.8) is 0 Å². The van der Waals surface area contributed by atoms with E-state index in [2.05, 4.69) is 4.98 Å². The highest BCUT2D eigenvalue weighted by Gasteiger charge is 2.17. The molecule has 3 heterocycles. The van der Waals surface area contributed by atoms with Crippen molar-refractivity contribution in [1.82, 2.24) is 18.7 Å². The summed E-state index contributed by atoms with van der Waals surface area (Å²) in [5.41, 5.74) is 0.790. The van der Waals surface area contributed by atoms with E-state index in [1.807, 2.05) is 0 Å². The number of Topliss-reactive ketones (excluding diaryl/α,β-unsaturated/α-hetero) is 1. The number of pyridine rings is 2. The molecule has 0 saturated carbocycles. The van der Waals surface area contributed by atoms with Crippen LogP contribution in [0.5, 0.6) is 0 Å². The number of aryl methyl sites for hydroxylation is 1. The van der Waals surface area contributed by atoms with Crippen molar-refractivity contribution in [2.45, 2.75) is 20.5 Å². The summed E-state index contributed by atoms with van der Waals surface area (Å²) in [5, 5.41) is 0.285. The number of rotatable bonds is 4. The first-order valence-corrected chi connectivity index (χ1v) is 9.25. The van der Waals surface area contributed by atoms with Crippen molar-refractivity contribution in [3.8, 4) is 5.69 Å². The molecule has 0 aliphatic carbocycles. The number of hydrogen-bond acceptors (Lipinski definition) is 5. The molecule has 30 heavy (non-hydrogen) atoms. The van der Waals surface area contributed by atoms with Gasteiger partial charge in [-0.25, -0.2) is 18.9 Å². The van der Waals surface area contributed by atoms with Gasteiger partial charge in [0.1, 0.15) is 6.67 Å². The van der Waals surface area contributed by atoms with Crippen LogP contribution in [0.3, 0.4) is 0 Å². The van der Waals surface area contributed by atoms with Gasteiger partial charge in [-0.15, -0.1) is 0 Å². The van der Waals surface area contributed by atoms with Gasteiger partial charge < -0.3 is 4.57 Å². The van der Waals surface area contributed by atoms with E-state index in [4.69, 9.17) is 0 Å². The molecule has 0 aliphatic heterocycles. The Morgan fingerprint density at radius 2 is 1.77 bits per heavy atom. The van der Waals surface area contributed by atoms with Crippen LogP contribution in [0.15, 0.2) is 75.4 Å². The second-order valence-corrected chi connectivity index (χ2v) is 6.97. The van der Waals surface area contributed by atoms with Gasteiger partial charge in [0.05, 0.1) is 11.1 Å². The third-order valence-corrected chi connectivity index (χ3v) is 4.91. The Labute approximate surface area is 170 Å². The maximum absolute atomic E-state index is 13.4. The Hall–Kier alpha value is -4.07. The largest absolute Gasteiger partial charge is 0.338 e. The molecule has 0 spiro atoms. The first kappa shape index (κ1) is 19.3. The van der Waals surface area contributed by atoms with Gasteiger partial charge in [0.2, 0.25) is 0 Å². The van der Waals surface area contributed by atoms with Crippen molar-refractivity contribution in [1.29, 1.82) is 0 Å². The van der Waals surface area contributed by atoms with Gasteiger partial charge in [0.25, 0.3) is 5.56 Å². The highest BCUT2D eigenvalue weighted by atomic mass is 16.2. The Balaban J connectivity index is 2.01. The Bertz CT molecular complexity index is 1460. The van der Waals surface area contributed by atoms with Crippen LogP contribution in [-0.2, 0) is 6.67 Å². The summed E-state index contributed by atoms with van der Waals surface area (Å²) in [6.07, 6.45) is 4.54. The lowest BCUT2D eigenvalue weighted by Crippen LogP contribution is -2.41. The number of carbonyl (C=O) groups excluding carboxylic acids is 1. The van der Waals surface area contributed by atoms with Crippen LogP contribution in [0.2, 0.25) is 0 Å². The fraction of sp³-hybridized carbons (Fsp3) is 0.136. The van der Waals surface area contributed by atoms with E-state index in [-0.39, 0.29) is 28.9 Å². The van der Waals surface area contributed by atoms with Gasteiger partial charge in [-0.05, 0) is 49.7 Å². The van der Waals surface area contributed by atoms with Crippen molar-refractivity contribution in [2.75, 3.05) is 0 Å². The molecule has 0 unspecified atom stereocenters. The predicted octanol–water partition coefficient (Wildman–Crippen LogP) is 1.73. The number of fused-ring (bicyclic) bond motifs is 1. The maximum Gasteiger partial charge on any atom is 0.338 e. The molecular formula is C22H18N4O4. The van der Waals surface area contributed by atoms with Gasteiger partial charge in [0.15, 0.2) is 16.9 Å². The number of hydrogen-bond donors (Lipinski definition) is 0. The quantitative estimate of drug-likeness (QED) is 0.485. The standard InChI is InChI=1S/C22H18N4O4/c1-14-12-16(15(2)27)5-6-19(14)26-20-18(4-3-9-23-20)21(29)25(22(26)30)13-24-10-7-17(28)8-11-24/h3-12H,13H2,1-2H3. The van der Waals surface area contributed by atoms with E-state index >= 15 is 0 Å².